The van der Waals surface area contributed by atoms with Crippen molar-refractivity contribution in [2.75, 3.05) is 0 Å². The van der Waals surface area contributed by atoms with E-state index < -0.39 is 109 Å². The number of aromatic nitrogens is 5. The summed E-state index contributed by atoms with van der Waals surface area (Å²) < 4.78 is 151. The van der Waals surface area contributed by atoms with Crippen molar-refractivity contribution >= 4 is 65.6 Å². The van der Waals surface area contributed by atoms with Gasteiger partial charge in [0, 0.05) is 37.9 Å². The second-order valence-corrected chi connectivity index (χ2v) is 11.7. The minimum Gasteiger partial charge on any atom is -0.455 e. The van der Waals surface area contributed by atoms with Gasteiger partial charge in [-0.2, -0.15) is 15.0 Å². The standard InChI is InChI=1S/C45H27N5O/c1-2-14-28(15-3-1)29-20-12-21-34-35-22-13-23-36(42(35)51-41(29)34)43-46-44(49-37-24-8-4-16-30(37)31-17-5-9-25-38(31)49)48-45(47-43)50-39-26-10-6-18-32(39)33-19-7-11-27-40(33)50/h1-27H/i4D,5D,6D,7D,8D,9D,10D,11D,16D,17D,18D,19D,24D,25D,26D,27D. The van der Waals surface area contributed by atoms with Gasteiger partial charge in [-0.25, -0.2) is 0 Å². The second-order valence-electron chi connectivity index (χ2n) is 11.7. The first-order valence-corrected chi connectivity index (χ1v) is 15.7. The number of hydrogen-bond donors (Lipinski definition) is 0. The average Bonchev–Trinajstić information content (AvgIpc) is 4.03. The monoisotopic (exact) mass is 669 g/mol. The van der Waals surface area contributed by atoms with Crippen LogP contribution in [-0.4, -0.2) is 24.1 Å². The van der Waals surface area contributed by atoms with Crippen molar-refractivity contribution in [2.45, 2.75) is 0 Å². The van der Waals surface area contributed by atoms with E-state index in [0.29, 0.717) is 11.0 Å². The van der Waals surface area contributed by atoms with Gasteiger partial charge in [-0.05, 0) is 35.8 Å². The van der Waals surface area contributed by atoms with Gasteiger partial charge in [0.1, 0.15) is 11.2 Å². The molecular weight excluding hydrogens is 627 g/mol. The van der Waals surface area contributed by atoms with Crippen molar-refractivity contribution < 1.29 is 26.3 Å². The maximum atomic E-state index is 9.19. The molecule has 0 unspecified atom stereocenters. The molecule has 0 radical (unpaired) electrons. The van der Waals surface area contributed by atoms with Crippen molar-refractivity contribution in [1.29, 1.82) is 0 Å². The number of furan rings is 1. The van der Waals surface area contributed by atoms with Gasteiger partial charge in [-0.1, -0.05) is 133 Å². The number of hydrogen-bond acceptors (Lipinski definition) is 4. The molecule has 0 spiro atoms. The minimum atomic E-state index is -0.707. The quantitative estimate of drug-likeness (QED) is 0.187. The van der Waals surface area contributed by atoms with E-state index >= 15 is 0 Å². The Balaban J connectivity index is 1.37. The smallest absolute Gasteiger partial charge is 0.240 e. The van der Waals surface area contributed by atoms with E-state index in [1.54, 1.807) is 12.1 Å². The van der Waals surface area contributed by atoms with E-state index in [9.17, 15) is 5.48 Å². The average molecular weight is 670 g/mol. The summed E-state index contributed by atoms with van der Waals surface area (Å²) in [7, 11) is 0. The molecule has 0 fully saturated rings. The fraction of sp³-hybridized carbons (Fsp3) is 0. The first-order valence-electron chi connectivity index (χ1n) is 23.7. The van der Waals surface area contributed by atoms with Crippen LogP contribution in [0.3, 0.4) is 0 Å². The van der Waals surface area contributed by atoms with Crippen molar-refractivity contribution in [1.82, 2.24) is 24.1 Å². The molecule has 4 aromatic heterocycles. The van der Waals surface area contributed by atoms with Crippen LogP contribution in [0.2, 0.25) is 0 Å². The van der Waals surface area contributed by atoms with Gasteiger partial charge in [0.15, 0.2) is 5.82 Å². The van der Waals surface area contributed by atoms with E-state index in [2.05, 4.69) is 0 Å². The second kappa shape index (κ2) is 10.7. The SMILES string of the molecule is [2H]c1c([2H])c([2H])c2c(c1[2H])c1c([2H])c([2H])c([2H])c([2H])c1n2-c1nc(-c2cccc3c2oc2c(-c4ccccc4)cccc23)nc(-n2c3c([2H])c([2H])c([2H])c([2H])c3c3c([2H])c([2H])c([2H])c([2H])c32)n1. The fourth-order valence-corrected chi connectivity index (χ4v) is 6.76. The normalized spacial score (nSPS) is 16.3. The van der Waals surface area contributed by atoms with E-state index in [4.69, 9.17) is 35.8 Å². The molecule has 11 rings (SSSR count). The van der Waals surface area contributed by atoms with Gasteiger partial charge in [-0.15, -0.1) is 0 Å². The molecular formula is C45H27N5O. The maximum absolute atomic E-state index is 9.19. The summed E-state index contributed by atoms with van der Waals surface area (Å²) in [4.78, 5) is 14.5. The molecule has 7 aromatic carbocycles. The van der Waals surface area contributed by atoms with E-state index in [1.807, 2.05) is 54.6 Å². The molecule has 238 valence electrons. The lowest BCUT2D eigenvalue weighted by atomic mass is 10.0. The Morgan fingerprint density at radius 1 is 0.412 bits per heavy atom. The summed E-state index contributed by atoms with van der Waals surface area (Å²) in [5, 5.41) is 0.244. The molecule has 0 saturated heterocycles. The summed E-state index contributed by atoms with van der Waals surface area (Å²) in [6.07, 6.45) is 0. The Morgan fingerprint density at radius 2 is 0.843 bits per heavy atom. The molecule has 0 aliphatic heterocycles. The molecule has 51 heavy (non-hydrogen) atoms. The van der Waals surface area contributed by atoms with Crippen molar-refractivity contribution in [2.24, 2.45) is 0 Å². The highest BCUT2D eigenvalue weighted by molar-refractivity contribution is 6.13. The molecule has 0 aliphatic rings. The highest BCUT2D eigenvalue weighted by Gasteiger charge is 2.22. The molecule has 0 saturated carbocycles. The minimum absolute atomic E-state index is 0.209. The van der Waals surface area contributed by atoms with Gasteiger partial charge < -0.3 is 4.42 Å². The zero-order valence-electron chi connectivity index (χ0n) is 42.0. The zero-order chi connectivity index (χ0) is 47.4. The first kappa shape index (κ1) is 16.6. The number of nitrogens with zero attached hydrogens (tertiary/aromatic N) is 5. The molecule has 6 heteroatoms. The van der Waals surface area contributed by atoms with Crippen LogP contribution in [0.1, 0.15) is 21.9 Å². The number of rotatable bonds is 4. The van der Waals surface area contributed by atoms with Crippen molar-refractivity contribution in [3.8, 4) is 34.4 Å². The highest BCUT2D eigenvalue weighted by Crippen LogP contribution is 2.40. The Kier molecular flexibility index (Phi) is 3.48. The molecule has 4 heterocycles. The summed E-state index contributed by atoms with van der Waals surface area (Å²) in [6.45, 7) is 0. The number of para-hydroxylation sites is 6. The molecule has 11 aromatic rings. The van der Waals surface area contributed by atoms with Gasteiger partial charge in [0.25, 0.3) is 0 Å². The van der Waals surface area contributed by atoms with Gasteiger partial charge in [0.05, 0.1) is 49.6 Å². The van der Waals surface area contributed by atoms with Gasteiger partial charge in [-0.3, -0.25) is 9.13 Å². The molecule has 0 atom stereocenters. The van der Waals surface area contributed by atoms with Crippen LogP contribution < -0.4 is 0 Å². The van der Waals surface area contributed by atoms with Crippen molar-refractivity contribution in [3.05, 3.63) is 163 Å². The lowest BCUT2D eigenvalue weighted by molar-refractivity contribution is 0.670. The predicted molar refractivity (Wildman–Crippen MR) is 207 cm³/mol. The summed E-state index contributed by atoms with van der Waals surface area (Å²) in [5.74, 6) is -1.20. The summed E-state index contributed by atoms with van der Waals surface area (Å²) in [6, 6.07) is 9.72. The Labute approximate surface area is 314 Å². The molecule has 0 amide bonds. The third-order valence-corrected chi connectivity index (χ3v) is 8.93. The number of fused-ring (bicyclic) bond motifs is 9. The number of benzene rings is 7. The van der Waals surface area contributed by atoms with Crippen molar-refractivity contribution in [3.63, 3.8) is 0 Å². The van der Waals surface area contributed by atoms with Gasteiger partial charge >= 0.3 is 0 Å². The molecule has 6 nitrogen and oxygen atoms in total. The van der Waals surface area contributed by atoms with Crippen LogP contribution in [0.5, 0.6) is 0 Å². The third kappa shape index (κ3) is 4.07. The maximum Gasteiger partial charge on any atom is 0.240 e. The van der Waals surface area contributed by atoms with E-state index in [1.165, 1.54) is 0 Å². The summed E-state index contributed by atoms with van der Waals surface area (Å²) in [5.41, 5.74) is 1.27. The third-order valence-electron chi connectivity index (χ3n) is 8.93. The lowest BCUT2D eigenvalue weighted by Crippen LogP contribution is -2.10. The fourth-order valence-electron chi connectivity index (χ4n) is 6.76. The summed E-state index contributed by atoms with van der Waals surface area (Å²) >= 11 is 0. The molecule has 0 bridgehead atoms. The van der Waals surface area contributed by atoms with E-state index in [0.717, 1.165) is 25.6 Å². The van der Waals surface area contributed by atoms with Crippen LogP contribution in [0.4, 0.5) is 0 Å². The van der Waals surface area contributed by atoms with Crippen LogP contribution in [0.25, 0.3) is 100.0 Å². The Morgan fingerprint density at radius 3 is 1.33 bits per heavy atom. The van der Waals surface area contributed by atoms with Crippen LogP contribution in [0, 0.1) is 0 Å². The van der Waals surface area contributed by atoms with Crippen LogP contribution in [0.15, 0.2) is 168 Å². The topological polar surface area (TPSA) is 61.7 Å². The Bertz CT molecular complexity index is 3740. The molecule has 0 N–H and O–H groups in total. The predicted octanol–water partition coefficient (Wildman–Crippen LogP) is 11.3. The van der Waals surface area contributed by atoms with Crippen LogP contribution in [-0.2, 0) is 0 Å². The largest absolute Gasteiger partial charge is 0.455 e. The zero-order valence-corrected chi connectivity index (χ0v) is 26.0. The lowest BCUT2D eigenvalue weighted by Gasteiger charge is -2.12. The molecule has 0 aliphatic carbocycles. The van der Waals surface area contributed by atoms with Crippen LogP contribution >= 0.6 is 0 Å². The highest BCUT2D eigenvalue weighted by atomic mass is 16.3. The van der Waals surface area contributed by atoms with Gasteiger partial charge in [0.2, 0.25) is 11.9 Å². The van der Waals surface area contributed by atoms with E-state index in [-0.39, 0.29) is 60.6 Å². The first-order chi connectivity index (χ1) is 32.0. The Hall–Kier alpha value is -7.05.